The Morgan fingerprint density at radius 2 is 1.77 bits per heavy atom. The SMILES string of the molecule is CC1=C(C(C)C)O[C@](C)(C(C)C)C1. The van der Waals surface area contributed by atoms with E-state index in [1.807, 2.05) is 0 Å². The highest BCUT2D eigenvalue weighted by Crippen LogP contribution is 2.41. The first-order valence-corrected chi connectivity index (χ1v) is 5.25. The molecule has 0 spiro atoms. The van der Waals surface area contributed by atoms with E-state index in [0.29, 0.717) is 11.8 Å². The summed E-state index contributed by atoms with van der Waals surface area (Å²) in [5.41, 5.74) is 1.48. The van der Waals surface area contributed by atoms with Gasteiger partial charge >= 0.3 is 0 Å². The Balaban J connectivity index is 2.79. The standard InChI is InChI=1S/C12H22O/c1-8(2)11-10(5)7-12(6,13-11)9(3)4/h8-9H,7H2,1-6H3/t12-/m0/s1. The van der Waals surface area contributed by atoms with Crippen LogP contribution in [0.5, 0.6) is 0 Å². The van der Waals surface area contributed by atoms with Crippen molar-refractivity contribution >= 4 is 0 Å². The van der Waals surface area contributed by atoms with Crippen LogP contribution in [0.2, 0.25) is 0 Å². The zero-order valence-electron chi connectivity index (χ0n) is 9.77. The molecule has 0 radical (unpaired) electrons. The molecule has 1 heterocycles. The Bertz CT molecular complexity index is 225. The molecule has 0 saturated heterocycles. The van der Waals surface area contributed by atoms with Crippen molar-refractivity contribution in [2.24, 2.45) is 11.8 Å². The predicted octanol–water partition coefficient (Wildman–Crippen LogP) is 3.75. The van der Waals surface area contributed by atoms with Gasteiger partial charge in [0.05, 0.1) is 5.76 Å². The van der Waals surface area contributed by atoms with E-state index in [1.54, 1.807) is 0 Å². The van der Waals surface area contributed by atoms with E-state index in [2.05, 4.69) is 41.5 Å². The largest absolute Gasteiger partial charge is 0.491 e. The Morgan fingerprint density at radius 3 is 2.00 bits per heavy atom. The van der Waals surface area contributed by atoms with Gasteiger partial charge in [-0.15, -0.1) is 0 Å². The molecule has 0 saturated carbocycles. The van der Waals surface area contributed by atoms with Crippen molar-refractivity contribution in [2.75, 3.05) is 0 Å². The highest BCUT2D eigenvalue weighted by Gasteiger charge is 2.38. The molecule has 1 aliphatic heterocycles. The maximum Gasteiger partial charge on any atom is 0.112 e. The van der Waals surface area contributed by atoms with Gasteiger partial charge in [0.25, 0.3) is 0 Å². The minimum absolute atomic E-state index is 0.0453. The van der Waals surface area contributed by atoms with Gasteiger partial charge in [-0.05, 0) is 25.3 Å². The predicted molar refractivity (Wildman–Crippen MR) is 56.5 cm³/mol. The van der Waals surface area contributed by atoms with Gasteiger partial charge in [-0.25, -0.2) is 0 Å². The van der Waals surface area contributed by atoms with Gasteiger partial charge < -0.3 is 4.74 Å². The number of hydrogen-bond acceptors (Lipinski definition) is 1. The minimum atomic E-state index is 0.0453. The third-order valence-corrected chi connectivity index (χ3v) is 3.13. The van der Waals surface area contributed by atoms with Gasteiger partial charge in [-0.3, -0.25) is 0 Å². The first-order chi connectivity index (χ1) is 5.87. The topological polar surface area (TPSA) is 9.23 Å². The third-order valence-electron chi connectivity index (χ3n) is 3.13. The summed E-state index contributed by atoms with van der Waals surface area (Å²) in [6, 6.07) is 0. The quantitative estimate of drug-likeness (QED) is 0.632. The fraction of sp³-hybridized carbons (Fsp3) is 0.833. The summed E-state index contributed by atoms with van der Waals surface area (Å²) < 4.78 is 6.06. The van der Waals surface area contributed by atoms with Crippen LogP contribution in [-0.4, -0.2) is 5.60 Å². The molecule has 0 aromatic rings. The van der Waals surface area contributed by atoms with E-state index in [9.17, 15) is 0 Å². The highest BCUT2D eigenvalue weighted by atomic mass is 16.5. The van der Waals surface area contributed by atoms with Gasteiger partial charge in [-0.2, -0.15) is 0 Å². The molecule has 1 heteroatoms. The lowest BCUT2D eigenvalue weighted by Gasteiger charge is -2.30. The lowest BCUT2D eigenvalue weighted by atomic mass is 9.88. The summed E-state index contributed by atoms with van der Waals surface area (Å²) in [7, 11) is 0. The molecule has 0 aromatic heterocycles. The number of ether oxygens (including phenoxy) is 1. The Hall–Kier alpha value is -0.460. The van der Waals surface area contributed by atoms with Crippen LogP contribution >= 0.6 is 0 Å². The van der Waals surface area contributed by atoms with Crippen molar-refractivity contribution < 1.29 is 4.74 Å². The second kappa shape index (κ2) is 3.36. The summed E-state index contributed by atoms with van der Waals surface area (Å²) in [5.74, 6) is 2.33. The molecular weight excluding hydrogens is 160 g/mol. The molecular formula is C12H22O. The van der Waals surface area contributed by atoms with E-state index < -0.39 is 0 Å². The molecule has 0 amide bonds. The second-order valence-electron chi connectivity index (χ2n) is 5.05. The Morgan fingerprint density at radius 1 is 1.23 bits per heavy atom. The van der Waals surface area contributed by atoms with Crippen LogP contribution in [0.15, 0.2) is 11.3 Å². The van der Waals surface area contributed by atoms with E-state index >= 15 is 0 Å². The highest BCUT2D eigenvalue weighted by molar-refractivity contribution is 5.18. The van der Waals surface area contributed by atoms with Crippen LogP contribution in [0.1, 0.15) is 48.0 Å². The van der Waals surface area contributed by atoms with Crippen molar-refractivity contribution in [3.8, 4) is 0 Å². The van der Waals surface area contributed by atoms with Crippen LogP contribution in [-0.2, 0) is 4.74 Å². The first kappa shape index (κ1) is 10.6. The average Bonchev–Trinajstić information content (AvgIpc) is 2.28. The molecule has 0 N–H and O–H groups in total. The van der Waals surface area contributed by atoms with Crippen molar-refractivity contribution in [2.45, 2.75) is 53.6 Å². The van der Waals surface area contributed by atoms with Gasteiger partial charge in [-0.1, -0.05) is 27.7 Å². The average molecular weight is 182 g/mol. The summed E-state index contributed by atoms with van der Waals surface area (Å²) in [4.78, 5) is 0. The van der Waals surface area contributed by atoms with Crippen molar-refractivity contribution in [3.63, 3.8) is 0 Å². The van der Waals surface area contributed by atoms with Crippen LogP contribution in [0.25, 0.3) is 0 Å². The van der Waals surface area contributed by atoms with Crippen LogP contribution in [0, 0.1) is 11.8 Å². The maximum absolute atomic E-state index is 6.06. The minimum Gasteiger partial charge on any atom is -0.491 e. The second-order valence-corrected chi connectivity index (χ2v) is 5.05. The summed E-state index contributed by atoms with van der Waals surface area (Å²) in [5, 5.41) is 0. The molecule has 1 aliphatic rings. The van der Waals surface area contributed by atoms with Gasteiger partial charge in [0.2, 0.25) is 0 Å². The number of rotatable bonds is 2. The molecule has 0 unspecified atom stereocenters. The van der Waals surface area contributed by atoms with Gasteiger partial charge in [0.15, 0.2) is 0 Å². The fourth-order valence-electron chi connectivity index (χ4n) is 1.92. The van der Waals surface area contributed by atoms with E-state index in [4.69, 9.17) is 4.74 Å². The maximum atomic E-state index is 6.06. The van der Waals surface area contributed by atoms with Crippen molar-refractivity contribution in [1.82, 2.24) is 0 Å². The number of hydrogen-bond donors (Lipinski definition) is 0. The molecule has 76 valence electrons. The molecule has 1 rings (SSSR count). The summed E-state index contributed by atoms with van der Waals surface area (Å²) in [6.07, 6.45) is 1.10. The molecule has 0 bridgehead atoms. The van der Waals surface area contributed by atoms with E-state index in [0.717, 1.165) is 6.42 Å². The first-order valence-electron chi connectivity index (χ1n) is 5.25. The third kappa shape index (κ3) is 1.90. The lowest BCUT2D eigenvalue weighted by molar-refractivity contribution is -0.00728. The normalized spacial score (nSPS) is 28.9. The zero-order valence-corrected chi connectivity index (χ0v) is 9.77. The van der Waals surface area contributed by atoms with Gasteiger partial charge in [0.1, 0.15) is 5.60 Å². The molecule has 1 atom stereocenters. The van der Waals surface area contributed by atoms with E-state index in [-0.39, 0.29) is 5.60 Å². The number of allylic oxidation sites excluding steroid dienone is 1. The van der Waals surface area contributed by atoms with Crippen molar-refractivity contribution in [1.29, 1.82) is 0 Å². The smallest absolute Gasteiger partial charge is 0.112 e. The van der Waals surface area contributed by atoms with Crippen LogP contribution in [0.3, 0.4) is 0 Å². The lowest BCUT2D eigenvalue weighted by Crippen LogP contribution is -2.31. The Kier molecular flexibility index (Phi) is 2.74. The molecule has 0 fully saturated rings. The van der Waals surface area contributed by atoms with Crippen molar-refractivity contribution in [3.05, 3.63) is 11.3 Å². The molecule has 1 nitrogen and oxygen atoms in total. The monoisotopic (exact) mass is 182 g/mol. The summed E-state index contributed by atoms with van der Waals surface area (Å²) >= 11 is 0. The van der Waals surface area contributed by atoms with E-state index in [1.165, 1.54) is 11.3 Å². The molecule has 0 aliphatic carbocycles. The fourth-order valence-corrected chi connectivity index (χ4v) is 1.92. The Labute approximate surface area is 82.2 Å². The summed E-state index contributed by atoms with van der Waals surface area (Å²) in [6.45, 7) is 13.3. The zero-order chi connectivity index (χ0) is 10.2. The van der Waals surface area contributed by atoms with Gasteiger partial charge in [0, 0.05) is 12.3 Å². The van der Waals surface area contributed by atoms with Crippen LogP contribution < -0.4 is 0 Å². The molecule has 0 aromatic carbocycles. The van der Waals surface area contributed by atoms with Crippen LogP contribution in [0.4, 0.5) is 0 Å². The molecule has 13 heavy (non-hydrogen) atoms.